The van der Waals surface area contributed by atoms with E-state index >= 15 is 0 Å². The van der Waals surface area contributed by atoms with Crippen molar-refractivity contribution in [3.63, 3.8) is 0 Å². The van der Waals surface area contributed by atoms with Gasteiger partial charge in [0.15, 0.2) is 5.78 Å². The number of anilines is 1. The lowest BCUT2D eigenvalue weighted by Gasteiger charge is -2.15. The van der Waals surface area contributed by atoms with E-state index in [-0.39, 0.29) is 5.78 Å². The van der Waals surface area contributed by atoms with Gasteiger partial charge in [-0.05, 0) is 23.3 Å². The number of primary amides is 1. The van der Waals surface area contributed by atoms with Crippen LogP contribution in [0.1, 0.15) is 37.5 Å². The van der Waals surface area contributed by atoms with Gasteiger partial charge in [0.25, 0.3) is 5.91 Å². The molecule has 1 aliphatic rings. The number of para-hydroxylation sites is 1. The Labute approximate surface area is 190 Å². The van der Waals surface area contributed by atoms with E-state index in [0.29, 0.717) is 42.0 Å². The highest BCUT2D eigenvalue weighted by Crippen LogP contribution is 2.23. The number of hydrogen-bond donors (Lipinski definition) is 3. The summed E-state index contributed by atoms with van der Waals surface area (Å²) in [6.07, 6.45) is 3.40. The largest absolute Gasteiger partial charge is 0.366 e. The number of amides is 1. The van der Waals surface area contributed by atoms with Crippen molar-refractivity contribution in [3.8, 4) is 0 Å². The molecule has 166 valence electrons. The van der Waals surface area contributed by atoms with E-state index in [4.69, 9.17) is 5.73 Å². The quantitative estimate of drug-likeness (QED) is 0.375. The van der Waals surface area contributed by atoms with Crippen LogP contribution in [-0.2, 0) is 26.1 Å². The van der Waals surface area contributed by atoms with Crippen molar-refractivity contribution in [2.75, 3.05) is 11.9 Å². The SMILES string of the molecule is NC(=O)c1cccc2c(NCc3cccc(CC(=O)c4cnn5c4CNCC5)c3)ncnc12. The average Bonchev–Trinajstić information content (AvgIpc) is 3.27. The maximum atomic E-state index is 12.9. The number of benzene rings is 2. The van der Waals surface area contributed by atoms with Crippen molar-refractivity contribution >= 4 is 28.4 Å². The summed E-state index contributed by atoms with van der Waals surface area (Å²) in [4.78, 5) is 33.2. The number of aromatic nitrogens is 4. The van der Waals surface area contributed by atoms with Crippen LogP contribution in [0.5, 0.6) is 0 Å². The fourth-order valence-corrected chi connectivity index (χ4v) is 4.16. The maximum absolute atomic E-state index is 12.9. The molecule has 0 atom stereocenters. The zero-order chi connectivity index (χ0) is 22.8. The lowest BCUT2D eigenvalue weighted by atomic mass is 10.0. The molecule has 1 amide bonds. The van der Waals surface area contributed by atoms with Gasteiger partial charge in [0.1, 0.15) is 12.1 Å². The van der Waals surface area contributed by atoms with Crippen LogP contribution in [0.4, 0.5) is 5.82 Å². The Kier molecular flexibility index (Phi) is 5.54. The van der Waals surface area contributed by atoms with Crippen molar-refractivity contribution < 1.29 is 9.59 Å². The van der Waals surface area contributed by atoms with Crippen molar-refractivity contribution in [2.45, 2.75) is 26.1 Å². The summed E-state index contributed by atoms with van der Waals surface area (Å²) in [7, 11) is 0. The summed E-state index contributed by atoms with van der Waals surface area (Å²) in [5.41, 5.74) is 9.93. The van der Waals surface area contributed by atoms with Crippen molar-refractivity contribution in [3.05, 3.63) is 82.9 Å². The molecule has 0 saturated carbocycles. The molecule has 2 aromatic carbocycles. The first-order chi connectivity index (χ1) is 16.1. The molecule has 0 spiro atoms. The molecule has 9 nitrogen and oxygen atoms in total. The summed E-state index contributed by atoms with van der Waals surface area (Å²) in [5, 5.41) is 11.7. The van der Waals surface area contributed by atoms with E-state index in [9.17, 15) is 9.59 Å². The summed E-state index contributed by atoms with van der Waals surface area (Å²) < 4.78 is 1.90. The number of nitrogens with zero attached hydrogens (tertiary/aromatic N) is 4. The smallest absolute Gasteiger partial charge is 0.250 e. The maximum Gasteiger partial charge on any atom is 0.250 e. The molecule has 1 aliphatic heterocycles. The van der Waals surface area contributed by atoms with E-state index < -0.39 is 5.91 Å². The third-order valence-corrected chi connectivity index (χ3v) is 5.79. The molecule has 0 saturated heterocycles. The summed E-state index contributed by atoms with van der Waals surface area (Å²) in [6.45, 7) is 2.81. The van der Waals surface area contributed by atoms with Crippen LogP contribution in [0.25, 0.3) is 10.9 Å². The molecule has 0 bridgehead atoms. The van der Waals surface area contributed by atoms with Gasteiger partial charge in [-0.3, -0.25) is 14.3 Å². The molecule has 4 N–H and O–H groups in total. The second-order valence-electron chi connectivity index (χ2n) is 7.97. The summed E-state index contributed by atoms with van der Waals surface area (Å²) in [5.74, 6) is 0.146. The predicted molar refractivity (Wildman–Crippen MR) is 124 cm³/mol. The molecule has 2 aromatic heterocycles. The van der Waals surface area contributed by atoms with Crippen LogP contribution < -0.4 is 16.4 Å². The van der Waals surface area contributed by atoms with Crippen LogP contribution in [0, 0.1) is 0 Å². The normalized spacial score (nSPS) is 13.0. The topological polar surface area (TPSA) is 128 Å². The fourth-order valence-electron chi connectivity index (χ4n) is 4.16. The summed E-state index contributed by atoms with van der Waals surface area (Å²) >= 11 is 0. The van der Waals surface area contributed by atoms with Crippen molar-refractivity contribution in [1.29, 1.82) is 0 Å². The predicted octanol–water partition coefficient (Wildman–Crippen LogP) is 2.07. The van der Waals surface area contributed by atoms with Gasteiger partial charge in [-0.25, -0.2) is 9.97 Å². The van der Waals surface area contributed by atoms with E-state index in [2.05, 4.69) is 25.7 Å². The third kappa shape index (κ3) is 4.18. The fraction of sp³-hybridized carbons (Fsp3) is 0.208. The van der Waals surface area contributed by atoms with Gasteiger partial charge in [-0.2, -0.15) is 5.10 Å². The number of nitrogens with one attached hydrogen (secondary N) is 2. The minimum Gasteiger partial charge on any atom is -0.366 e. The van der Waals surface area contributed by atoms with Crippen LogP contribution >= 0.6 is 0 Å². The molecule has 0 radical (unpaired) electrons. The average molecular weight is 441 g/mol. The number of carbonyl (C=O) groups is 2. The lowest BCUT2D eigenvalue weighted by molar-refractivity contribution is 0.0986. The molecule has 33 heavy (non-hydrogen) atoms. The van der Waals surface area contributed by atoms with Crippen LogP contribution in [0.3, 0.4) is 0 Å². The molecule has 0 fully saturated rings. The van der Waals surface area contributed by atoms with E-state index in [1.165, 1.54) is 6.33 Å². The Morgan fingerprint density at radius 2 is 1.94 bits per heavy atom. The van der Waals surface area contributed by atoms with Gasteiger partial charge in [-0.1, -0.05) is 30.3 Å². The molecule has 4 aromatic rings. The zero-order valence-corrected chi connectivity index (χ0v) is 17.9. The lowest BCUT2D eigenvalue weighted by Crippen LogP contribution is -2.29. The van der Waals surface area contributed by atoms with Gasteiger partial charge in [0.05, 0.1) is 35.1 Å². The first-order valence-corrected chi connectivity index (χ1v) is 10.7. The number of fused-ring (bicyclic) bond motifs is 2. The highest BCUT2D eigenvalue weighted by atomic mass is 16.1. The Hall–Kier alpha value is -4.11. The van der Waals surface area contributed by atoms with Gasteiger partial charge in [-0.15, -0.1) is 0 Å². The Morgan fingerprint density at radius 1 is 1.09 bits per heavy atom. The van der Waals surface area contributed by atoms with Crippen LogP contribution in [0.2, 0.25) is 0 Å². The van der Waals surface area contributed by atoms with E-state index in [1.807, 2.05) is 35.0 Å². The first kappa shape index (κ1) is 20.8. The monoisotopic (exact) mass is 441 g/mol. The number of carbonyl (C=O) groups excluding carboxylic acids is 2. The molecule has 3 heterocycles. The molecular formula is C24H23N7O2. The Morgan fingerprint density at radius 3 is 2.82 bits per heavy atom. The van der Waals surface area contributed by atoms with E-state index in [0.717, 1.165) is 35.3 Å². The van der Waals surface area contributed by atoms with Gasteiger partial charge >= 0.3 is 0 Å². The van der Waals surface area contributed by atoms with Gasteiger partial charge < -0.3 is 16.4 Å². The molecule has 0 aliphatic carbocycles. The van der Waals surface area contributed by atoms with Gasteiger partial charge in [0.2, 0.25) is 0 Å². The van der Waals surface area contributed by atoms with Gasteiger partial charge in [0, 0.05) is 31.4 Å². The Balaban J connectivity index is 1.32. The molecular weight excluding hydrogens is 418 g/mol. The second kappa shape index (κ2) is 8.79. The summed E-state index contributed by atoms with van der Waals surface area (Å²) in [6, 6.07) is 13.2. The van der Waals surface area contributed by atoms with E-state index in [1.54, 1.807) is 18.3 Å². The molecule has 5 rings (SSSR count). The number of Topliss-reactive ketones (excluding diaryl/α,β-unsaturated/α-hetero) is 1. The highest BCUT2D eigenvalue weighted by molar-refractivity contribution is 6.06. The van der Waals surface area contributed by atoms with Crippen LogP contribution in [-0.4, -0.2) is 38.0 Å². The number of nitrogens with two attached hydrogens (primary N) is 1. The Bertz CT molecular complexity index is 1360. The second-order valence-corrected chi connectivity index (χ2v) is 7.97. The number of ketones is 1. The number of hydrogen-bond acceptors (Lipinski definition) is 7. The van der Waals surface area contributed by atoms with Crippen molar-refractivity contribution in [2.24, 2.45) is 5.73 Å². The zero-order valence-electron chi connectivity index (χ0n) is 17.9. The van der Waals surface area contributed by atoms with Crippen LogP contribution in [0.15, 0.2) is 55.0 Å². The molecule has 9 heteroatoms. The third-order valence-electron chi connectivity index (χ3n) is 5.79. The standard InChI is InChI=1S/C24H23N7O2/c25-23(33)17-5-2-6-18-22(17)28-14-29-24(18)27-11-16-4-1-3-15(9-16)10-21(32)19-12-30-31-8-7-26-13-20(19)31/h1-6,9,12,14,26H,7-8,10-11,13H2,(H2,25,33)(H,27,28,29). The minimum absolute atomic E-state index is 0.0610. The first-order valence-electron chi connectivity index (χ1n) is 10.7. The molecule has 0 unspecified atom stereocenters. The number of rotatable bonds is 7. The van der Waals surface area contributed by atoms with Crippen molar-refractivity contribution in [1.82, 2.24) is 25.1 Å². The highest BCUT2D eigenvalue weighted by Gasteiger charge is 2.19. The minimum atomic E-state index is -0.530.